The minimum absolute atomic E-state index is 0. The van der Waals surface area contributed by atoms with E-state index in [0.717, 1.165) is 31.9 Å². The fourth-order valence-electron chi connectivity index (χ4n) is 4.04. The van der Waals surface area contributed by atoms with Crippen LogP contribution in [0.1, 0.15) is 51.7 Å². The van der Waals surface area contributed by atoms with E-state index >= 15 is 0 Å². The van der Waals surface area contributed by atoms with Crippen molar-refractivity contribution >= 4 is 52.8 Å². The minimum Gasteiger partial charge on any atom is -0.361 e. The van der Waals surface area contributed by atoms with Crippen LogP contribution in [0.4, 0.5) is 4.79 Å². The van der Waals surface area contributed by atoms with E-state index in [9.17, 15) is 9.59 Å². The molecule has 1 aromatic carbocycles. The smallest absolute Gasteiger partial charge is 0.325 e. The largest absolute Gasteiger partial charge is 0.361 e. The summed E-state index contributed by atoms with van der Waals surface area (Å²) in [6.45, 7) is 10.3. The molecule has 8 nitrogen and oxygen atoms in total. The van der Waals surface area contributed by atoms with Gasteiger partial charge < -0.3 is 20.9 Å². The summed E-state index contributed by atoms with van der Waals surface area (Å²) in [5.74, 6) is 0.598. The highest BCUT2D eigenvalue weighted by atomic mass is 127. The zero-order chi connectivity index (χ0) is 23.1. The van der Waals surface area contributed by atoms with E-state index < -0.39 is 5.54 Å². The first-order chi connectivity index (χ1) is 15.4. The van der Waals surface area contributed by atoms with Crippen LogP contribution in [0, 0.1) is 0 Å². The lowest BCUT2D eigenvalue weighted by Gasteiger charge is -2.19. The maximum absolute atomic E-state index is 12.5. The maximum atomic E-state index is 12.5. The number of aliphatic imine (C=N–C) groups is 1. The first-order valence-electron chi connectivity index (χ1n) is 11.7. The minimum atomic E-state index is -0.781. The van der Waals surface area contributed by atoms with E-state index in [1.165, 1.54) is 26.9 Å². The molecule has 0 aliphatic carbocycles. The van der Waals surface area contributed by atoms with Crippen LogP contribution in [-0.2, 0) is 17.6 Å². The summed E-state index contributed by atoms with van der Waals surface area (Å²) in [6, 6.07) is 6.14. The van der Waals surface area contributed by atoms with Gasteiger partial charge in [0.1, 0.15) is 5.54 Å². The van der Waals surface area contributed by atoms with Crippen molar-refractivity contribution in [1.82, 2.24) is 25.8 Å². The predicted molar refractivity (Wildman–Crippen MR) is 144 cm³/mol. The van der Waals surface area contributed by atoms with Gasteiger partial charge in [0.25, 0.3) is 5.91 Å². The van der Waals surface area contributed by atoms with Gasteiger partial charge in [-0.15, -0.1) is 24.0 Å². The van der Waals surface area contributed by atoms with E-state index in [1.54, 1.807) is 6.92 Å². The Morgan fingerprint density at radius 2 is 1.94 bits per heavy atom. The van der Waals surface area contributed by atoms with Crippen LogP contribution in [0.5, 0.6) is 0 Å². The summed E-state index contributed by atoms with van der Waals surface area (Å²) in [5.41, 5.74) is 3.07. The molecule has 0 spiro atoms. The van der Waals surface area contributed by atoms with Crippen molar-refractivity contribution < 1.29 is 9.59 Å². The van der Waals surface area contributed by atoms with Gasteiger partial charge >= 0.3 is 6.03 Å². The topological polar surface area (TPSA) is 102 Å². The number of nitrogens with one attached hydrogen (secondary N) is 4. The summed E-state index contributed by atoms with van der Waals surface area (Å²) < 4.78 is 0. The summed E-state index contributed by atoms with van der Waals surface area (Å²) in [4.78, 5) is 33.9. The highest BCUT2D eigenvalue weighted by molar-refractivity contribution is 14.0. The number of carbonyl (C=O) groups excluding carboxylic acids is 2. The molecular formula is C24H37IN6O2. The van der Waals surface area contributed by atoms with Crippen LogP contribution < -0.4 is 16.0 Å². The first kappa shape index (κ1) is 26.9. The molecule has 3 amide bonds. The lowest BCUT2D eigenvalue weighted by Crippen LogP contribution is -2.43. The average Bonchev–Trinajstić information content (AvgIpc) is 3.30. The van der Waals surface area contributed by atoms with E-state index in [2.05, 4.69) is 57.2 Å². The zero-order valence-corrected chi connectivity index (χ0v) is 22.4. The lowest BCUT2D eigenvalue weighted by atomic mass is 9.99. The molecule has 3 rings (SSSR count). The predicted octanol–water partition coefficient (Wildman–Crippen LogP) is 3.56. The number of carbonyl (C=O) groups is 2. The Morgan fingerprint density at radius 3 is 2.61 bits per heavy atom. The Labute approximate surface area is 213 Å². The number of hydrogen-bond donors (Lipinski definition) is 4. The molecule has 4 N–H and O–H groups in total. The summed E-state index contributed by atoms with van der Waals surface area (Å²) in [6.07, 6.45) is 5.19. The van der Waals surface area contributed by atoms with Gasteiger partial charge in [-0.3, -0.25) is 14.7 Å². The average molecular weight is 569 g/mol. The fraction of sp³-hybridized carbons (Fsp3) is 0.542. The highest BCUT2D eigenvalue weighted by Crippen LogP contribution is 2.22. The van der Waals surface area contributed by atoms with Gasteiger partial charge in [0.15, 0.2) is 5.96 Å². The molecule has 0 saturated carbocycles. The normalized spacial score (nSPS) is 18.4. The van der Waals surface area contributed by atoms with Crippen molar-refractivity contribution in [3.63, 3.8) is 0 Å². The van der Waals surface area contributed by atoms with Crippen molar-refractivity contribution in [3.05, 3.63) is 35.5 Å². The van der Waals surface area contributed by atoms with Gasteiger partial charge in [-0.05, 0) is 50.7 Å². The number of urea groups is 1. The van der Waals surface area contributed by atoms with Crippen LogP contribution in [-0.4, -0.2) is 59.5 Å². The second kappa shape index (κ2) is 12.2. The second-order valence-corrected chi connectivity index (χ2v) is 8.37. The molecule has 9 heteroatoms. The number of hydrogen-bond acceptors (Lipinski definition) is 3. The third-order valence-corrected chi connectivity index (χ3v) is 6.16. The van der Waals surface area contributed by atoms with Crippen LogP contribution in [0.15, 0.2) is 29.4 Å². The molecule has 1 saturated heterocycles. The first-order valence-corrected chi connectivity index (χ1v) is 11.7. The second-order valence-electron chi connectivity index (χ2n) is 8.37. The van der Waals surface area contributed by atoms with Gasteiger partial charge in [0.05, 0.1) is 0 Å². The van der Waals surface area contributed by atoms with Gasteiger partial charge in [-0.2, -0.15) is 0 Å². The van der Waals surface area contributed by atoms with E-state index in [-0.39, 0.29) is 35.9 Å². The van der Waals surface area contributed by atoms with Gasteiger partial charge in [0, 0.05) is 43.3 Å². The molecule has 1 aliphatic heterocycles. The molecule has 1 fully saturated rings. The maximum Gasteiger partial charge on any atom is 0.325 e. The van der Waals surface area contributed by atoms with Crippen molar-refractivity contribution in [3.8, 4) is 0 Å². The summed E-state index contributed by atoms with van der Waals surface area (Å²) in [5, 5.41) is 10.7. The number of guanidine groups is 1. The number of fused-ring (bicyclic) bond motifs is 1. The van der Waals surface area contributed by atoms with Crippen molar-refractivity contribution in [2.45, 2.75) is 58.9 Å². The highest BCUT2D eigenvalue weighted by Gasteiger charge is 2.45. The Balaban J connectivity index is 0.00000385. The van der Waals surface area contributed by atoms with E-state index in [4.69, 9.17) is 0 Å². The van der Waals surface area contributed by atoms with Gasteiger partial charge in [-0.25, -0.2) is 4.79 Å². The summed E-state index contributed by atoms with van der Waals surface area (Å²) >= 11 is 0. The number of amides is 3. The number of nitrogens with zero attached hydrogens (tertiary/aromatic N) is 2. The van der Waals surface area contributed by atoms with Crippen molar-refractivity contribution in [2.24, 2.45) is 4.99 Å². The number of aromatic amines is 1. The molecule has 33 heavy (non-hydrogen) atoms. The SMILES string of the molecule is CCNC(=NCCCN1C(=O)NC(C)(CC)C1=O)NCCc1c[nH]c2c(CC)cccc12.I. The number of benzene rings is 1. The molecule has 2 heterocycles. The van der Waals surface area contributed by atoms with E-state index in [1.807, 2.05) is 13.8 Å². The molecule has 1 aliphatic rings. The molecular weight excluding hydrogens is 531 g/mol. The lowest BCUT2D eigenvalue weighted by molar-refractivity contribution is -0.130. The fourth-order valence-corrected chi connectivity index (χ4v) is 4.04. The molecule has 182 valence electrons. The van der Waals surface area contributed by atoms with Crippen LogP contribution >= 0.6 is 24.0 Å². The Kier molecular flexibility index (Phi) is 10.00. The van der Waals surface area contributed by atoms with Crippen LogP contribution in [0.3, 0.4) is 0 Å². The van der Waals surface area contributed by atoms with E-state index in [0.29, 0.717) is 25.9 Å². The number of aromatic nitrogens is 1. The molecule has 1 aromatic heterocycles. The molecule has 0 bridgehead atoms. The van der Waals surface area contributed by atoms with Gasteiger partial charge in [-0.1, -0.05) is 32.0 Å². The Morgan fingerprint density at radius 1 is 1.15 bits per heavy atom. The third-order valence-electron chi connectivity index (χ3n) is 6.16. The van der Waals surface area contributed by atoms with Crippen molar-refractivity contribution in [2.75, 3.05) is 26.2 Å². The van der Waals surface area contributed by atoms with Crippen molar-refractivity contribution in [1.29, 1.82) is 0 Å². The molecule has 1 atom stereocenters. The number of imide groups is 1. The van der Waals surface area contributed by atoms with Crippen LogP contribution in [0.25, 0.3) is 10.9 Å². The third kappa shape index (κ3) is 6.18. The van der Waals surface area contributed by atoms with Gasteiger partial charge in [0.2, 0.25) is 0 Å². The standard InChI is InChI=1S/C24H36N6O2.HI/c1-5-17-10-8-11-19-18(16-28-20(17)19)12-14-27-22(25-7-3)26-13-9-15-30-21(31)24(4,6-2)29-23(30)32;/h8,10-11,16,28H,5-7,9,12-15H2,1-4H3,(H,29,32)(H2,25,26,27);1H. The number of rotatable bonds is 10. The number of halogens is 1. The molecule has 0 radical (unpaired) electrons. The number of aryl methyl sites for hydroxylation is 1. The van der Waals surface area contributed by atoms with Crippen LogP contribution in [0.2, 0.25) is 0 Å². The number of H-pyrrole nitrogens is 1. The Hall–Kier alpha value is -2.30. The monoisotopic (exact) mass is 568 g/mol. The Bertz CT molecular complexity index is 988. The quantitative estimate of drug-likeness (QED) is 0.116. The molecule has 2 aromatic rings. The molecule has 1 unspecified atom stereocenters. The zero-order valence-electron chi connectivity index (χ0n) is 20.1. The summed E-state index contributed by atoms with van der Waals surface area (Å²) in [7, 11) is 0. The number of para-hydroxylation sites is 1.